The largest absolute Gasteiger partial charge is 0.465 e. The van der Waals surface area contributed by atoms with Gasteiger partial charge in [-0.1, -0.05) is 0 Å². The predicted molar refractivity (Wildman–Crippen MR) is 60.1 cm³/mol. The van der Waals surface area contributed by atoms with Crippen molar-refractivity contribution in [1.82, 2.24) is 5.32 Å². The highest BCUT2D eigenvalue weighted by atomic mass is 16.5. The summed E-state index contributed by atoms with van der Waals surface area (Å²) in [7, 11) is 0. The molecule has 4 nitrogen and oxygen atoms in total. The zero-order chi connectivity index (χ0) is 11.2. The highest BCUT2D eigenvalue weighted by Gasteiger charge is 2.19. The van der Waals surface area contributed by atoms with Gasteiger partial charge in [0.25, 0.3) is 0 Å². The van der Waals surface area contributed by atoms with Crippen molar-refractivity contribution in [2.24, 2.45) is 11.8 Å². The fourth-order valence-corrected chi connectivity index (χ4v) is 2.28. The maximum absolute atomic E-state index is 11.5. The predicted octanol–water partition coefficient (Wildman–Crippen LogP) is 0.956. The lowest BCUT2D eigenvalue weighted by atomic mass is 10.0. The van der Waals surface area contributed by atoms with Crippen LogP contribution in [0.4, 0.5) is 0 Å². The third-order valence-corrected chi connectivity index (χ3v) is 3.42. The highest BCUT2D eigenvalue weighted by molar-refractivity contribution is 5.69. The number of rotatable bonds is 5. The summed E-state index contributed by atoms with van der Waals surface area (Å²) in [5, 5.41) is 3.30. The molecule has 2 heterocycles. The second kappa shape index (κ2) is 6.21. The molecule has 0 bridgehead atoms. The van der Waals surface area contributed by atoms with Crippen LogP contribution in [0.1, 0.15) is 25.7 Å². The van der Waals surface area contributed by atoms with Gasteiger partial charge in [0, 0.05) is 18.9 Å². The molecule has 2 fully saturated rings. The summed E-state index contributed by atoms with van der Waals surface area (Å²) in [5.74, 6) is 1.05. The van der Waals surface area contributed by atoms with Gasteiger partial charge in [0.2, 0.25) is 0 Å². The first kappa shape index (κ1) is 11.9. The van der Waals surface area contributed by atoms with E-state index < -0.39 is 0 Å². The van der Waals surface area contributed by atoms with E-state index in [1.807, 2.05) is 0 Å². The molecule has 0 saturated carbocycles. The summed E-state index contributed by atoms with van der Waals surface area (Å²) in [6.07, 6.45) is 3.76. The van der Waals surface area contributed by atoms with Gasteiger partial charge in [0.1, 0.15) is 0 Å². The second-order valence-corrected chi connectivity index (χ2v) is 4.81. The van der Waals surface area contributed by atoms with E-state index in [2.05, 4.69) is 5.32 Å². The minimum Gasteiger partial charge on any atom is -0.465 e. The van der Waals surface area contributed by atoms with E-state index in [9.17, 15) is 4.79 Å². The minimum atomic E-state index is -0.0428. The van der Waals surface area contributed by atoms with Gasteiger partial charge in [0.15, 0.2) is 0 Å². The van der Waals surface area contributed by atoms with Gasteiger partial charge in [-0.3, -0.25) is 4.79 Å². The number of nitrogens with one attached hydrogen (secondary N) is 1. The van der Waals surface area contributed by atoms with Crippen molar-refractivity contribution in [3.8, 4) is 0 Å². The number of carbonyl (C=O) groups is 1. The Balaban J connectivity index is 1.53. The van der Waals surface area contributed by atoms with Crippen LogP contribution in [0.25, 0.3) is 0 Å². The van der Waals surface area contributed by atoms with Gasteiger partial charge >= 0.3 is 5.97 Å². The van der Waals surface area contributed by atoms with Crippen molar-refractivity contribution in [3.63, 3.8) is 0 Å². The van der Waals surface area contributed by atoms with E-state index in [4.69, 9.17) is 9.47 Å². The smallest absolute Gasteiger partial charge is 0.305 e. The summed E-state index contributed by atoms with van der Waals surface area (Å²) in [6.45, 7) is 4.26. The summed E-state index contributed by atoms with van der Waals surface area (Å²) in [6, 6.07) is 0. The average Bonchev–Trinajstić information content (AvgIpc) is 2.96. The van der Waals surface area contributed by atoms with Crippen LogP contribution >= 0.6 is 0 Å². The fourth-order valence-electron chi connectivity index (χ4n) is 2.28. The Morgan fingerprint density at radius 1 is 1.38 bits per heavy atom. The maximum atomic E-state index is 11.5. The number of ether oxygens (including phenoxy) is 2. The molecule has 92 valence electrons. The maximum Gasteiger partial charge on any atom is 0.305 e. The van der Waals surface area contributed by atoms with E-state index in [1.165, 1.54) is 6.42 Å². The normalized spacial score (nSPS) is 29.5. The molecule has 2 atom stereocenters. The quantitative estimate of drug-likeness (QED) is 0.711. The number of carbonyl (C=O) groups excluding carboxylic acids is 1. The lowest BCUT2D eigenvalue weighted by Crippen LogP contribution is -2.15. The molecule has 0 aliphatic carbocycles. The Morgan fingerprint density at radius 3 is 3.00 bits per heavy atom. The van der Waals surface area contributed by atoms with E-state index in [0.29, 0.717) is 24.9 Å². The first-order valence-corrected chi connectivity index (χ1v) is 6.28. The van der Waals surface area contributed by atoms with Crippen molar-refractivity contribution in [2.75, 3.05) is 32.9 Å². The van der Waals surface area contributed by atoms with Crippen molar-refractivity contribution in [2.45, 2.75) is 25.7 Å². The molecule has 2 aliphatic heterocycles. The second-order valence-electron chi connectivity index (χ2n) is 4.81. The Labute approximate surface area is 96.7 Å². The molecule has 0 spiro atoms. The molecule has 2 aliphatic rings. The molecular weight excluding hydrogens is 206 g/mol. The third-order valence-electron chi connectivity index (χ3n) is 3.42. The van der Waals surface area contributed by atoms with Gasteiger partial charge < -0.3 is 14.8 Å². The standard InChI is InChI=1S/C12H21NO3/c14-12(2-1-10-3-5-13-7-10)16-9-11-4-6-15-8-11/h10-11,13H,1-9H2. The highest BCUT2D eigenvalue weighted by Crippen LogP contribution is 2.16. The number of hydrogen-bond acceptors (Lipinski definition) is 4. The molecular formula is C12H21NO3. The summed E-state index contributed by atoms with van der Waals surface area (Å²) in [4.78, 5) is 11.5. The Kier molecular flexibility index (Phi) is 4.60. The Morgan fingerprint density at radius 2 is 2.31 bits per heavy atom. The molecule has 0 aromatic heterocycles. The molecule has 4 heteroatoms. The number of hydrogen-bond donors (Lipinski definition) is 1. The SMILES string of the molecule is O=C(CCC1CCNC1)OCC1CCOC1. The van der Waals surface area contributed by atoms with Crippen LogP contribution in [-0.2, 0) is 14.3 Å². The molecule has 0 aromatic carbocycles. The van der Waals surface area contributed by atoms with E-state index in [1.54, 1.807) is 0 Å². The molecule has 2 saturated heterocycles. The van der Waals surface area contributed by atoms with Gasteiger partial charge in [-0.15, -0.1) is 0 Å². The summed E-state index contributed by atoms with van der Waals surface area (Å²) in [5.41, 5.74) is 0. The lowest BCUT2D eigenvalue weighted by Gasteiger charge is -2.10. The van der Waals surface area contributed by atoms with E-state index >= 15 is 0 Å². The van der Waals surface area contributed by atoms with Crippen LogP contribution < -0.4 is 5.32 Å². The minimum absolute atomic E-state index is 0.0428. The molecule has 1 N–H and O–H groups in total. The Hall–Kier alpha value is -0.610. The van der Waals surface area contributed by atoms with Crippen molar-refractivity contribution < 1.29 is 14.3 Å². The van der Waals surface area contributed by atoms with Crippen molar-refractivity contribution >= 4 is 5.97 Å². The van der Waals surface area contributed by atoms with E-state index in [0.717, 1.165) is 39.1 Å². The van der Waals surface area contributed by atoms with Gasteiger partial charge in [0.05, 0.1) is 13.2 Å². The van der Waals surface area contributed by atoms with Crippen LogP contribution in [0, 0.1) is 11.8 Å². The van der Waals surface area contributed by atoms with Crippen LogP contribution in [0.15, 0.2) is 0 Å². The van der Waals surface area contributed by atoms with Crippen LogP contribution in [0.2, 0.25) is 0 Å². The van der Waals surface area contributed by atoms with Crippen molar-refractivity contribution in [3.05, 3.63) is 0 Å². The lowest BCUT2D eigenvalue weighted by molar-refractivity contribution is -0.145. The molecule has 16 heavy (non-hydrogen) atoms. The first-order valence-electron chi connectivity index (χ1n) is 6.28. The van der Waals surface area contributed by atoms with Gasteiger partial charge in [-0.2, -0.15) is 0 Å². The van der Waals surface area contributed by atoms with Crippen LogP contribution in [0.5, 0.6) is 0 Å². The van der Waals surface area contributed by atoms with Gasteiger partial charge in [-0.05, 0) is 38.3 Å². The van der Waals surface area contributed by atoms with Crippen LogP contribution in [0.3, 0.4) is 0 Å². The van der Waals surface area contributed by atoms with Crippen molar-refractivity contribution in [1.29, 1.82) is 0 Å². The molecule has 0 aromatic rings. The zero-order valence-corrected chi connectivity index (χ0v) is 9.74. The average molecular weight is 227 g/mol. The number of esters is 1. The van der Waals surface area contributed by atoms with Gasteiger partial charge in [-0.25, -0.2) is 0 Å². The topological polar surface area (TPSA) is 47.6 Å². The summed E-state index contributed by atoms with van der Waals surface area (Å²) < 4.78 is 10.5. The molecule has 2 unspecified atom stereocenters. The molecule has 0 radical (unpaired) electrons. The zero-order valence-electron chi connectivity index (χ0n) is 9.74. The summed E-state index contributed by atoms with van der Waals surface area (Å²) >= 11 is 0. The monoisotopic (exact) mass is 227 g/mol. The fraction of sp³-hybridized carbons (Fsp3) is 0.917. The molecule has 2 rings (SSSR count). The Bertz CT molecular complexity index is 198. The third kappa shape index (κ3) is 3.76. The molecule has 0 amide bonds. The van der Waals surface area contributed by atoms with Crippen LogP contribution in [-0.4, -0.2) is 38.9 Å². The van der Waals surface area contributed by atoms with E-state index in [-0.39, 0.29) is 5.97 Å². The first-order chi connectivity index (χ1) is 7.84.